The Labute approximate surface area is 119 Å². The molecule has 0 fully saturated rings. The Morgan fingerprint density at radius 2 is 2.25 bits per heavy atom. The molecule has 0 saturated heterocycles. The summed E-state index contributed by atoms with van der Waals surface area (Å²) >= 11 is 0. The van der Waals surface area contributed by atoms with Crippen molar-refractivity contribution < 1.29 is 14.3 Å². The number of phenolic OH excluding ortho intramolecular Hbond substituents is 1. The van der Waals surface area contributed by atoms with Gasteiger partial charge in [0, 0.05) is 17.6 Å². The van der Waals surface area contributed by atoms with Gasteiger partial charge in [-0.3, -0.25) is 0 Å². The number of fused-ring (bicyclic) bond motifs is 2. The van der Waals surface area contributed by atoms with E-state index in [0.29, 0.717) is 30.5 Å². The third-order valence-electron chi connectivity index (χ3n) is 4.44. The largest absolute Gasteiger partial charge is 0.504 e. The monoisotopic (exact) mass is 274 g/mol. The van der Waals surface area contributed by atoms with E-state index in [1.807, 2.05) is 13.8 Å². The number of furan rings is 1. The summed E-state index contributed by atoms with van der Waals surface area (Å²) in [6.45, 7) is 7.58. The number of hydrogen-bond donors (Lipinski definition) is 1. The molecule has 0 spiro atoms. The maximum Gasteiger partial charge on any atom is 0.176 e. The van der Waals surface area contributed by atoms with E-state index in [1.165, 1.54) is 17.5 Å². The second-order valence-corrected chi connectivity index (χ2v) is 5.77. The molecule has 0 radical (unpaired) electrons. The normalized spacial score (nSPS) is 18.4. The summed E-state index contributed by atoms with van der Waals surface area (Å²) in [5, 5.41) is 11.6. The van der Waals surface area contributed by atoms with Crippen molar-refractivity contribution in [1.29, 1.82) is 0 Å². The zero-order valence-electron chi connectivity index (χ0n) is 12.5. The van der Waals surface area contributed by atoms with Crippen molar-refractivity contribution in [3.05, 3.63) is 28.5 Å². The standard InChI is InChI=1S/C17H22O3/c1-4-19-9-13-14-10(2)6-5-7-12(14)16(18)17-15(13)11(3)8-20-17/h8,10,18H,4-7,9H2,1-3H3. The number of aryl methyl sites for hydroxylation is 1. The second-order valence-electron chi connectivity index (χ2n) is 5.77. The van der Waals surface area contributed by atoms with Gasteiger partial charge in [0.2, 0.25) is 0 Å². The summed E-state index contributed by atoms with van der Waals surface area (Å²) < 4.78 is 11.3. The minimum absolute atomic E-state index is 0.342. The molecule has 1 aliphatic rings. The van der Waals surface area contributed by atoms with Crippen LogP contribution in [0, 0.1) is 6.92 Å². The van der Waals surface area contributed by atoms with Crippen LogP contribution in [-0.4, -0.2) is 11.7 Å². The van der Waals surface area contributed by atoms with Gasteiger partial charge in [-0.1, -0.05) is 6.92 Å². The van der Waals surface area contributed by atoms with E-state index >= 15 is 0 Å². The van der Waals surface area contributed by atoms with Crippen molar-refractivity contribution in [2.75, 3.05) is 6.61 Å². The van der Waals surface area contributed by atoms with E-state index in [2.05, 4.69) is 6.92 Å². The number of ether oxygens (including phenoxy) is 1. The Morgan fingerprint density at radius 1 is 1.45 bits per heavy atom. The lowest BCUT2D eigenvalue weighted by Crippen LogP contribution is -2.12. The quantitative estimate of drug-likeness (QED) is 0.900. The van der Waals surface area contributed by atoms with Gasteiger partial charge in [-0.15, -0.1) is 0 Å². The number of aromatic hydroxyl groups is 1. The first-order valence-electron chi connectivity index (χ1n) is 7.47. The smallest absolute Gasteiger partial charge is 0.176 e. The lowest BCUT2D eigenvalue weighted by molar-refractivity contribution is 0.134. The zero-order valence-corrected chi connectivity index (χ0v) is 12.5. The van der Waals surface area contributed by atoms with Crippen LogP contribution in [0.1, 0.15) is 54.9 Å². The molecule has 0 aliphatic heterocycles. The predicted octanol–water partition coefficient (Wildman–Crippen LogP) is 4.42. The van der Waals surface area contributed by atoms with Crippen molar-refractivity contribution >= 4 is 11.0 Å². The molecular weight excluding hydrogens is 252 g/mol. The Balaban J connectivity index is 2.32. The minimum Gasteiger partial charge on any atom is -0.504 e. The molecule has 0 saturated carbocycles. The van der Waals surface area contributed by atoms with Crippen LogP contribution in [0.4, 0.5) is 0 Å². The maximum absolute atomic E-state index is 10.5. The fourth-order valence-electron chi connectivity index (χ4n) is 3.51. The molecule has 1 aliphatic carbocycles. The highest BCUT2D eigenvalue weighted by Gasteiger charge is 2.28. The van der Waals surface area contributed by atoms with E-state index in [-0.39, 0.29) is 0 Å². The van der Waals surface area contributed by atoms with E-state index in [9.17, 15) is 5.11 Å². The summed E-state index contributed by atoms with van der Waals surface area (Å²) in [6, 6.07) is 0. The molecule has 0 bridgehead atoms. The fourth-order valence-corrected chi connectivity index (χ4v) is 3.51. The molecular formula is C17H22O3. The van der Waals surface area contributed by atoms with Crippen LogP contribution in [0.25, 0.3) is 11.0 Å². The van der Waals surface area contributed by atoms with Gasteiger partial charge in [0.25, 0.3) is 0 Å². The highest BCUT2D eigenvalue weighted by Crippen LogP contribution is 2.45. The van der Waals surface area contributed by atoms with Crippen LogP contribution in [0.5, 0.6) is 5.75 Å². The zero-order chi connectivity index (χ0) is 14.3. The first-order valence-corrected chi connectivity index (χ1v) is 7.47. The number of phenols is 1. The number of benzene rings is 1. The van der Waals surface area contributed by atoms with Gasteiger partial charge in [-0.25, -0.2) is 0 Å². The van der Waals surface area contributed by atoms with Gasteiger partial charge in [0.1, 0.15) is 0 Å². The van der Waals surface area contributed by atoms with Gasteiger partial charge in [-0.05, 0) is 55.7 Å². The van der Waals surface area contributed by atoms with Gasteiger partial charge in [0.05, 0.1) is 12.9 Å². The molecule has 108 valence electrons. The molecule has 1 aromatic carbocycles. The van der Waals surface area contributed by atoms with Gasteiger partial charge in [0.15, 0.2) is 11.3 Å². The molecule has 3 rings (SSSR count). The summed E-state index contributed by atoms with van der Waals surface area (Å²) in [4.78, 5) is 0. The van der Waals surface area contributed by atoms with Crippen LogP contribution < -0.4 is 0 Å². The third-order valence-corrected chi connectivity index (χ3v) is 4.44. The Bertz CT molecular complexity index is 639. The molecule has 3 heteroatoms. The first kappa shape index (κ1) is 13.5. The molecule has 1 aromatic heterocycles. The van der Waals surface area contributed by atoms with E-state index in [4.69, 9.17) is 9.15 Å². The van der Waals surface area contributed by atoms with Crippen molar-refractivity contribution in [1.82, 2.24) is 0 Å². The Kier molecular flexibility index (Phi) is 3.47. The van der Waals surface area contributed by atoms with Crippen LogP contribution in [0.3, 0.4) is 0 Å². The lowest BCUT2D eigenvalue weighted by Gasteiger charge is -2.27. The number of rotatable bonds is 3. The van der Waals surface area contributed by atoms with Crippen molar-refractivity contribution in [2.45, 2.75) is 52.6 Å². The summed E-state index contributed by atoms with van der Waals surface area (Å²) in [5.74, 6) is 0.814. The first-order chi connectivity index (χ1) is 9.65. The second kappa shape index (κ2) is 5.13. The molecule has 0 amide bonds. The van der Waals surface area contributed by atoms with Crippen molar-refractivity contribution in [2.24, 2.45) is 0 Å². The minimum atomic E-state index is 0.342. The van der Waals surface area contributed by atoms with Crippen LogP contribution in [0.15, 0.2) is 10.7 Å². The highest BCUT2D eigenvalue weighted by atomic mass is 16.5. The van der Waals surface area contributed by atoms with E-state index < -0.39 is 0 Å². The Morgan fingerprint density at radius 3 is 3.00 bits per heavy atom. The summed E-state index contributed by atoms with van der Waals surface area (Å²) in [7, 11) is 0. The molecule has 20 heavy (non-hydrogen) atoms. The average molecular weight is 274 g/mol. The third kappa shape index (κ3) is 1.92. The molecule has 3 nitrogen and oxygen atoms in total. The maximum atomic E-state index is 10.5. The SMILES string of the molecule is CCOCc1c2c(c(O)c3occ(C)c13)CCCC2C. The molecule has 2 aromatic rings. The predicted molar refractivity (Wildman–Crippen MR) is 79.3 cm³/mol. The van der Waals surface area contributed by atoms with Crippen molar-refractivity contribution in [3.63, 3.8) is 0 Å². The summed E-state index contributed by atoms with van der Waals surface area (Å²) in [6.07, 6.45) is 4.96. The highest BCUT2D eigenvalue weighted by molar-refractivity contribution is 5.92. The fraction of sp³-hybridized carbons (Fsp3) is 0.529. The van der Waals surface area contributed by atoms with Crippen LogP contribution in [0.2, 0.25) is 0 Å². The summed E-state index contributed by atoms with van der Waals surface area (Å²) in [5.41, 5.74) is 5.28. The van der Waals surface area contributed by atoms with Crippen molar-refractivity contribution in [3.8, 4) is 5.75 Å². The molecule has 1 N–H and O–H groups in total. The topological polar surface area (TPSA) is 42.6 Å². The molecule has 1 atom stereocenters. The number of hydrogen-bond acceptors (Lipinski definition) is 3. The average Bonchev–Trinajstić information content (AvgIpc) is 2.82. The van der Waals surface area contributed by atoms with E-state index in [0.717, 1.165) is 29.4 Å². The van der Waals surface area contributed by atoms with Crippen LogP contribution >= 0.6 is 0 Å². The van der Waals surface area contributed by atoms with Gasteiger partial charge in [-0.2, -0.15) is 0 Å². The lowest BCUT2D eigenvalue weighted by atomic mass is 9.79. The Hall–Kier alpha value is -1.48. The van der Waals surface area contributed by atoms with Gasteiger partial charge < -0.3 is 14.3 Å². The molecule has 1 heterocycles. The van der Waals surface area contributed by atoms with E-state index in [1.54, 1.807) is 6.26 Å². The van der Waals surface area contributed by atoms with Gasteiger partial charge >= 0.3 is 0 Å². The van der Waals surface area contributed by atoms with Crippen LogP contribution in [-0.2, 0) is 17.8 Å². The molecule has 1 unspecified atom stereocenters.